The predicted octanol–water partition coefficient (Wildman–Crippen LogP) is 7.40. The fraction of sp³-hybridized carbons (Fsp3) is 0.163. The summed E-state index contributed by atoms with van der Waals surface area (Å²) in [7, 11) is 0. The molecule has 1 unspecified atom stereocenters. The maximum Gasteiger partial charge on any atom is -0.0114 e. The summed E-state index contributed by atoms with van der Waals surface area (Å²) >= 11 is 1.74. The van der Waals surface area contributed by atoms with E-state index in [-0.39, 0.29) is 30.2 Å². The van der Waals surface area contributed by atoms with Gasteiger partial charge in [0, 0.05) is 11.7 Å². The third-order valence-corrected chi connectivity index (χ3v) is 9.73. The fourth-order valence-electron chi connectivity index (χ4n) is 7.40. The van der Waals surface area contributed by atoms with Gasteiger partial charge in [-0.1, -0.05) is 147 Å². The normalized spacial score (nSPS) is 14.2. The van der Waals surface area contributed by atoms with Crippen molar-refractivity contribution in [3.63, 3.8) is 0 Å². The van der Waals surface area contributed by atoms with Gasteiger partial charge in [-0.15, -0.1) is 57.8 Å². The number of nitrogens with zero attached hydrogens (tertiary/aromatic N) is 1. The fourth-order valence-corrected chi connectivity index (χ4v) is 7.40. The first-order valence-electron chi connectivity index (χ1n) is 18.3. The van der Waals surface area contributed by atoms with Crippen LogP contribution in [-0.2, 0) is 23.3 Å². The van der Waals surface area contributed by atoms with Crippen LogP contribution in [0.3, 0.4) is 0 Å². The third kappa shape index (κ3) is 8.82. The number of hydrogen-bond donors (Lipinski definition) is 0. The van der Waals surface area contributed by atoms with Gasteiger partial charge < -0.3 is 29.7 Å². The van der Waals surface area contributed by atoms with E-state index < -0.39 is 0 Å². The van der Waals surface area contributed by atoms with E-state index >= 15 is 0 Å². The molecule has 0 spiro atoms. The van der Waals surface area contributed by atoms with Gasteiger partial charge in [-0.25, -0.2) is 0 Å². The maximum atomic E-state index is 3.53. The number of para-hydroxylation sites is 1. The number of benzene rings is 6. The van der Waals surface area contributed by atoms with E-state index in [0.717, 1.165) is 0 Å². The van der Waals surface area contributed by atoms with Crippen molar-refractivity contribution in [2.24, 2.45) is 5.92 Å². The third-order valence-electron chi connectivity index (χ3n) is 9.73. The van der Waals surface area contributed by atoms with Gasteiger partial charge in [-0.3, -0.25) is 0 Å². The summed E-state index contributed by atoms with van der Waals surface area (Å²) in [5.74, 6) is 0.539. The van der Waals surface area contributed by atoms with Crippen molar-refractivity contribution in [1.29, 1.82) is 0 Å². The predicted molar refractivity (Wildman–Crippen MR) is 224 cm³/mol. The first-order valence-corrected chi connectivity index (χ1v) is 24.5. The Balaban J connectivity index is 0.000000200. The summed E-state index contributed by atoms with van der Waals surface area (Å²) in [6.45, 7) is 13.5. The van der Waals surface area contributed by atoms with Gasteiger partial charge in [0.1, 0.15) is 0 Å². The van der Waals surface area contributed by atoms with Gasteiger partial charge >= 0.3 is 41.9 Å². The number of aryl methyl sites for hydroxylation is 1. The molecule has 0 radical (unpaired) electrons. The Kier molecular flexibility index (Phi) is 13.9. The molecule has 0 fully saturated rings. The number of allylic oxidation sites excluding steroid dienone is 3. The number of rotatable bonds is 4. The number of hydrogen-bond acceptors (Lipinski definition) is 1. The molecular formula is C49H45Cl2NSiZr-2. The van der Waals surface area contributed by atoms with Gasteiger partial charge in [0.05, 0.1) is 0 Å². The van der Waals surface area contributed by atoms with Crippen molar-refractivity contribution in [3.05, 3.63) is 180 Å². The summed E-state index contributed by atoms with van der Waals surface area (Å²) in [6.07, 6.45) is 8.11. The van der Waals surface area contributed by atoms with Crippen LogP contribution >= 0.6 is 0 Å². The van der Waals surface area contributed by atoms with Crippen LogP contribution in [0.2, 0.25) is 13.1 Å². The van der Waals surface area contributed by atoms with E-state index in [1.165, 1.54) is 82.7 Å². The van der Waals surface area contributed by atoms with Crippen LogP contribution in [0.4, 0.5) is 5.69 Å². The molecule has 2 aliphatic rings. The zero-order valence-corrected chi connectivity index (χ0v) is 36.8. The smallest absolute Gasteiger partial charge is 0.0114 e. The molecule has 1 atom stereocenters. The molecule has 7 aromatic carbocycles. The first-order chi connectivity index (χ1) is 25.2. The Morgan fingerprint density at radius 3 is 1.87 bits per heavy atom. The van der Waals surface area contributed by atoms with Crippen LogP contribution in [0.25, 0.3) is 54.6 Å². The summed E-state index contributed by atoms with van der Waals surface area (Å²) < 4.78 is 0. The Labute approximate surface area is 349 Å². The quantitative estimate of drug-likeness (QED) is 0.132. The second kappa shape index (κ2) is 18.2. The van der Waals surface area contributed by atoms with Gasteiger partial charge in [-0.05, 0) is 57.6 Å². The van der Waals surface area contributed by atoms with Crippen LogP contribution in [0.1, 0.15) is 26.3 Å². The van der Waals surface area contributed by atoms with E-state index in [9.17, 15) is 0 Å². The molecule has 7 aromatic rings. The van der Waals surface area contributed by atoms with Crippen LogP contribution in [-0.4, -0.2) is 11.5 Å². The average Bonchev–Trinajstić information content (AvgIpc) is 3.82. The minimum Gasteiger partial charge on any atom is -1.00 e. The molecule has 0 saturated heterocycles. The maximum absolute atomic E-state index is 3.53. The minimum atomic E-state index is 0. The van der Waals surface area contributed by atoms with Crippen LogP contribution in [0.15, 0.2) is 169 Å². The molecule has 0 bridgehead atoms. The zero-order chi connectivity index (χ0) is 36.4. The minimum absolute atomic E-state index is 0. The monoisotopic (exact) mass is 835 g/mol. The summed E-state index contributed by atoms with van der Waals surface area (Å²) in [5.41, 5.74) is 11.8. The van der Waals surface area contributed by atoms with Crippen molar-refractivity contribution in [1.82, 2.24) is 0 Å². The molecule has 1 heterocycles. The van der Waals surface area contributed by atoms with E-state index in [0.29, 0.717) is 12.0 Å². The van der Waals surface area contributed by atoms with Gasteiger partial charge in [-0.2, -0.15) is 6.07 Å². The Hall–Kier alpha value is -3.85. The van der Waals surface area contributed by atoms with Gasteiger partial charge in [0.2, 0.25) is 0 Å². The standard InChI is InChI=1S/C30H21.C17H18N.C2H6Si.2ClH.Zr/c1-20-16-23-18-24(27-14-6-10-21-8-2-4-12-25(21)27)19-30(29(23)17-20)28-15-7-11-22-9-3-5-13-26(22)28;1-12(2)14-10-15-9-13(3)18(17(15)11-14)16-7-5-4-6-8-16;1-3-2;;;/h2-19H,1H3;4-9,11-13H,1-3H3;1-2H3;2*1H;/q2*-1;;;;+2/p-2. The number of halogens is 2. The second-order valence-electron chi connectivity index (χ2n) is 14.4. The molecule has 0 saturated carbocycles. The van der Waals surface area contributed by atoms with E-state index in [4.69, 9.17) is 0 Å². The molecule has 270 valence electrons. The van der Waals surface area contributed by atoms with Crippen molar-refractivity contribution < 1.29 is 48.1 Å². The van der Waals surface area contributed by atoms with Crippen molar-refractivity contribution >= 4 is 43.4 Å². The molecule has 5 heteroatoms. The SMILES string of the molecule is CC(C)C1=[C-]C2=CC(C)N(c3ccccc3)C2=C1.C[Si](C)=[Zr+2].Cc1cc2c(-c3cccc4ccccc34)cc(-c3cccc4ccccc34)cc2[cH-]1.[Cl-].[Cl-]. The Morgan fingerprint density at radius 2 is 1.24 bits per heavy atom. The molecule has 1 aliphatic carbocycles. The molecule has 0 aromatic heterocycles. The summed E-state index contributed by atoms with van der Waals surface area (Å²) in [4.78, 5) is 2.39. The largest absolute Gasteiger partial charge is 1.00 e. The first kappa shape index (κ1) is 41.3. The Morgan fingerprint density at radius 1 is 0.685 bits per heavy atom. The van der Waals surface area contributed by atoms with Gasteiger partial charge in [0.15, 0.2) is 0 Å². The molecule has 0 N–H and O–H groups in total. The van der Waals surface area contributed by atoms with E-state index in [1.54, 1.807) is 23.3 Å². The summed E-state index contributed by atoms with van der Waals surface area (Å²) in [5, 5.41) is 7.79. The molecule has 9 rings (SSSR count). The molecule has 54 heavy (non-hydrogen) atoms. The molecular weight excluding hydrogens is 793 g/mol. The number of fused-ring (bicyclic) bond motifs is 4. The summed E-state index contributed by atoms with van der Waals surface area (Å²) in [6, 6.07) is 50.9. The van der Waals surface area contributed by atoms with E-state index in [2.05, 4.69) is 203 Å². The average molecular weight is 838 g/mol. The molecule has 1 aliphatic heterocycles. The van der Waals surface area contributed by atoms with Crippen LogP contribution in [0.5, 0.6) is 0 Å². The van der Waals surface area contributed by atoms with Crippen LogP contribution in [0, 0.1) is 18.9 Å². The van der Waals surface area contributed by atoms with Crippen molar-refractivity contribution in [2.45, 2.75) is 46.8 Å². The van der Waals surface area contributed by atoms with Gasteiger partial charge in [0.25, 0.3) is 0 Å². The zero-order valence-electron chi connectivity index (χ0n) is 31.8. The molecule has 1 nitrogen and oxygen atoms in total. The molecule has 0 amide bonds. The van der Waals surface area contributed by atoms with Crippen LogP contribution < -0.4 is 29.7 Å². The second-order valence-corrected chi connectivity index (χ2v) is 23.8. The van der Waals surface area contributed by atoms with Crippen molar-refractivity contribution in [2.75, 3.05) is 4.90 Å². The topological polar surface area (TPSA) is 3.24 Å². The van der Waals surface area contributed by atoms with Crippen molar-refractivity contribution in [3.8, 4) is 22.3 Å². The Bertz CT molecular complexity index is 2510. The number of anilines is 1. The van der Waals surface area contributed by atoms with E-state index in [1.807, 2.05) is 0 Å².